The first kappa shape index (κ1) is 15.1. The smallest absolute Gasteiger partial charge is 0.275 e. The van der Waals surface area contributed by atoms with Crippen molar-refractivity contribution in [1.82, 2.24) is 9.97 Å². The molecule has 1 heterocycles. The summed E-state index contributed by atoms with van der Waals surface area (Å²) >= 11 is 0. The van der Waals surface area contributed by atoms with Gasteiger partial charge in [-0.25, -0.2) is 13.4 Å². The molecule has 21 heavy (non-hydrogen) atoms. The molecule has 0 atom stereocenters. The van der Waals surface area contributed by atoms with Gasteiger partial charge in [-0.05, 0) is 31.2 Å². The summed E-state index contributed by atoms with van der Waals surface area (Å²) in [4.78, 5) is 20.1. The third-order valence-electron chi connectivity index (χ3n) is 2.86. The average molecular weight is 305 g/mol. The molecule has 2 rings (SSSR count). The zero-order valence-corrected chi connectivity index (χ0v) is 12.5. The van der Waals surface area contributed by atoms with Crippen molar-refractivity contribution in [2.24, 2.45) is 0 Å². The molecule has 0 bridgehead atoms. The molecule has 0 spiro atoms. The fraction of sp³-hybridized carbons (Fsp3) is 0.214. The van der Waals surface area contributed by atoms with E-state index in [1.165, 1.54) is 24.5 Å². The van der Waals surface area contributed by atoms with Gasteiger partial charge in [0.2, 0.25) is 0 Å². The highest BCUT2D eigenvalue weighted by Gasteiger charge is 2.12. The highest BCUT2D eigenvalue weighted by atomic mass is 32.2. The lowest BCUT2D eigenvalue weighted by molar-refractivity contribution is 0.102. The molecule has 110 valence electrons. The Labute approximate surface area is 123 Å². The predicted molar refractivity (Wildman–Crippen MR) is 78.9 cm³/mol. The molecule has 0 fully saturated rings. The Hall–Kier alpha value is -2.28. The average Bonchev–Trinajstić information content (AvgIpc) is 2.48. The Morgan fingerprint density at radius 1 is 1.14 bits per heavy atom. The first-order chi connectivity index (χ1) is 9.92. The fourth-order valence-electron chi connectivity index (χ4n) is 1.62. The standard InChI is InChI=1S/C14H15N3O3S/c1-3-21(19,20)12-6-4-11(5-7-12)17-14(18)13-9-15-10(2)8-16-13/h4-9H,3H2,1-2H3,(H,17,18). The molecule has 1 aromatic heterocycles. The number of hydrogen-bond acceptors (Lipinski definition) is 5. The van der Waals surface area contributed by atoms with E-state index in [-0.39, 0.29) is 16.3 Å². The first-order valence-corrected chi connectivity index (χ1v) is 8.00. The molecule has 0 aliphatic rings. The van der Waals surface area contributed by atoms with Crippen LogP contribution in [0.5, 0.6) is 0 Å². The zero-order chi connectivity index (χ0) is 15.5. The Balaban J connectivity index is 2.13. The molecule has 6 nitrogen and oxygen atoms in total. The number of aromatic nitrogens is 2. The first-order valence-electron chi connectivity index (χ1n) is 6.35. The van der Waals surface area contributed by atoms with Crippen molar-refractivity contribution < 1.29 is 13.2 Å². The van der Waals surface area contributed by atoms with E-state index in [2.05, 4.69) is 15.3 Å². The molecule has 0 aliphatic heterocycles. The summed E-state index contributed by atoms with van der Waals surface area (Å²) in [5.41, 5.74) is 1.42. The van der Waals surface area contributed by atoms with E-state index in [9.17, 15) is 13.2 Å². The van der Waals surface area contributed by atoms with Crippen molar-refractivity contribution in [3.05, 3.63) is 48.0 Å². The van der Waals surface area contributed by atoms with E-state index in [0.717, 1.165) is 5.69 Å². The van der Waals surface area contributed by atoms with Gasteiger partial charge in [-0.15, -0.1) is 0 Å². The van der Waals surface area contributed by atoms with Crippen LogP contribution in [0.25, 0.3) is 0 Å². The van der Waals surface area contributed by atoms with Gasteiger partial charge in [0.25, 0.3) is 5.91 Å². The number of benzene rings is 1. The number of nitrogens with one attached hydrogen (secondary N) is 1. The summed E-state index contributed by atoms with van der Waals surface area (Å²) in [5, 5.41) is 2.64. The number of sulfone groups is 1. The maximum absolute atomic E-state index is 11.9. The van der Waals surface area contributed by atoms with Crippen LogP contribution in [0.1, 0.15) is 23.1 Å². The lowest BCUT2D eigenvalue weighted by Gasteiger charge is -2.06. The molecular weight excluding hydrogens is 290 g/mol. The Kier molecular flexibility index (Phi) is 4.32. The lowest BCUT2D eigenvalue weighted by Crippen LogP contribution is -2.14. The van der Waals surface area contributed by atoms with Crippen LogP contribution in [0.4, 0.5) is 5.69 Å². The number of anilines is 1. The number of amides is 1. The van der Waals surface area contributed by atoms with Crippen LogP contribution in [0, 0.1) is 6.92 Å². The van der Waals surface area contributed by atoms with Crippen LogP contribution in [0.2, 0.25) is 0 Å². The van der Waals surface area contributed by atoms with E-state index in [4.69, 9.17) is 0 Å². The summed E-state index contributed by atoms with van der Waals surface area (Å²) in [7, 11) is -3.24. The van der Waals surface area contributed by atoms with Crippen molar-refractivity contribution >= 4 is 21.4 Å². The van der Waals surface area contributed by atoms with Gasteiger partial charge in [0, 0.05) is 11.9 Å². The second kappa shape index (κ2) is 6.01. The third-order valence-corrected chi connectivity index (χ3v) is 4.62. The summed E-state index contributed by atoms with van der Waals surface area (Å²) in [6.07, 6.45) is 2.90. The molecule has 1 N–H and O–H groups in total. The van der Waals surface area contributed by atoms with Gasteiger partial charge in [-0.3, -0.25) is 9.78 Å². The third kappa shape index (κ3) is 3.63. The number of nitrogens with zero attached hydrogens (tertiary/aromatic N) is 2. The quantitative estimate of drug-likeness (QED) is 0.931. The minimum atomic E-state index is -3.24. The zero-order valence-electron chi connectivity index (χ0n) is 11.7. The van der Waals surface area contributed by atoms with Crippen LogP contribution in [-0.2, 0) is 9.84 Å². The van der Waals surface area contributed by atoms with Crippen LogP contribution in [0.3, 0.4) is 0 Å². The van der Waals surface area contributed by atoms with E-state index in [1.807, 2.05) is 0 Å². The topological polar surface area (TPSA) is 89.0 Å². The van der Waals surface area contributed by atoms with Crippen LogP contribution in [0.15, 0.2) is 41.6 Å². The second-order valence-corrected chi connectivity index (χ2v) is 6.70. The molecule has 1 aromatic carbocycles. The van der Waals surface area contributed by atoms with Gasteiger partial charge in [0.05, 0.1) is 22.5 Å². The molecule has 7 heteroatoms. The molecule has 0 radical (unpaired) electrons. The number of carbonyl (C=O) groups is 1. The van der Waals surface area contributed by atoms with E-state index in [1.54, 1.807) is 26.0 Å². The van der Waals surface area contributed by atoms with Gasteiger partial charge in [-0.1, -0.05) is 6.92 Å². The second-order valence-electron chi connectivity index (χ2n) is 4.42. The van der Waals surface area contributed by atoms with E-state index >= 15 is 0 Å². The highest BCUT2D eigenvalue weighted by molar-refractivity contribution is 7.91. The summed E-state index contributed by atoms with van der Waals surface area (Å²) in [5.74, 6) is -0.355. The van der Waals surface area contributed by atoms with Crippen LogP contribution >= 0.6 is 0 Å². The Morgan fingerprint density at radius 3 is 2.33 bits per heavy atom. The summed E-state index contributed by atoms with van der Waals surface area (Å²) < 4.78 is 23.4. The SMILES string of the molecule is CCS(=O)(=O)c1ccc(NC(=O)c2cnc(C)cn2)cc1. The number of hydrogen-bond donors (Lipinski definition) is 1. The minimum Gasteiger partial charge on any atom is -0.321 e. The molecule has 0 saturated heterocycles. The Bertz CT molecular complexity index is 738. The number of rotatable bonds is 4. The molecule has 2 aromatic rings. The summed E-state index contributed by atoms with van der Waals surface area (Å²) in [6.45, 7) is 3.36. The van der Waals surface area contributed by atoms with Gasteiger partial charge in [-0.2, -0.15) is 0 Å². The minimum absolute atomic E-state index is 0.0393. The molecular formula is C14H15N3O3S. The molecule has 0 unspecified atom stereocenters. The highest BCUT2D eigenvalue weighted by Crippen LogP contribution is 2.15. The van der Waals surface area contributed by atoms with Crippen LogP contribution < -0.4 is 5.32 Å². The number of carbonyl (C=O) groups excluding carboxylic acids is 1. The summed E-state index contributed by atoms with van der Waals surface area (Å²) in [6, 6.07) is 6.02. The van der Waals surface area contributed by atoms with E-state index < -0.39 is 15.7 Å². The predicted octanol–water partition coefficient (Wildman–Crippen LogP) is 1.83. The monoisotopic (exact) mass is 305 g/mol. The largest absolute Gasteiger partial charge is 0.321 e. The van der Waals surface area contributed by atoms with Gasteiger partial charge >= 0.3 is 0 Å². The van der Waals surface area contributed by atoms with Gasteiger partial charge in [0.15, 0.2) is 9.84 Å². The number of aryl methyl sites for hydroxylation is 1. The normalized spacial score (nSPS) is 11.1. The lowest BCUT2D eigenvalue weighted by atomic mass is 10.3. The van der Waals surface area contributed by atoms with Crippen molar-refractivity contribution in [1.29, 1.82) is 0 Å². The maximum atomic E-state index is 11.9. The van der Waals surface area contributed by atoms with E-state index in [0.29, 0.717) is 5.69 Å². The molecule has 0 aliphatic carbocycles. The molecule has 0 saturated carbocycles. The van der Waals surface area contributed by atoms with Crippen molar-refractivity contribution in [3.63, 3.8) is 0 Å². The van der Waals surface area contributed by atoms with Crippen molar-refractivity contribution in [2.75, 3.05) is 11.1 Å². The Morgan fingerprint density at radius 2 is 1.81 bits per heavy atom. The van der Waals surface area contributed by atoms with Crippen molar-refractivity contribution in [3.8, 4) is 0 Å². The van der Waals surface area contributed by atoms with Gasteiger partial charge in [0.1, 0.15) is 5.69 Å². The maximum Gasteiger partial charge on any atom is 0.275 e. The fourth-order valence-corrected chi connectivity index (χ4v) is 2.50. The molecule has 1 amide bonds. The van der Waals surface area contributed by atoms with Crippen LogP contribution in [-0.4, -0.2) is 30.0 Å². The van der Waals surface area contributed by atoms with Crippen molar-refractivity contribution in [2.45, 2.75) is 18.7 Å². The van der Waals surface area contributed by atoms with Gasteiger partial charge < -0.3 is 5.32 Å².